The number of rotatable bonds is 5. The summed E-state index contributed by atoms with van der Waals surface area (Å²) in [7, 11) is 2.11. The molecule has 104 valence electrons. The number of imidazole rings is 1. The molecule has 0 fully saturated rings. The van der Waals surface area contributed by atoms with Crippen LogP contribution in [0.5, 0.6) is 0 Å². The number of fused-ring (bicyclic) bond motifs is 1. The fourth-order valence-corrected chi connectivity index (χ4v) is 2.46. The Bertz CT molecular complexity index is 554. The van der Waals surface area contributed by atoms with Crippen molar-refractivity contribution in [1.29, 1.82) is 0 Å². The Balaban J connectivity index is 2.32. The summed E-state index contributed by atoms with van der Waals surface area (Å²) in [5.41, 5.74) is 9.36. The molecule has 0 radical (unpaired) electrons. The predicted molar refractivity (Wildman–Crippen MR) is 81.2 cm³/mol. The molecule has 0 aliphatic rings. The summed E-state index contributed by atoms with van der Waals surface area (Å²) in [6.45, 7) is 7.38. The summed E-state index contributed by atoms with van der Waals surface area (Å²) >= 11 is 0. The van der Waals surface area contributed by atoms with E-state index in [0.29, 0.717) is 11.8 Å². The van der Waals surface area contributed by atoms with E-state index in [2.05, 4.69) is 50.6 Å². The van der Waals surface area contributed by atoms with E-state index in [-0.39, 0.29) is 0 Å². The molecule has 0 amide bonds. The average Bonchev–Trinajstić information content (AvgIpc) is 2.65. The molecule has 2 aromatic rings. The third-order valence-corrected chi connectivity index (χ3v) is 3.62. The lowest BCUT2D eigenvalue weighted by Gasteiger charge is -2.08. The zero-order valence-electron chi connectivity index (χ0n) is 12.5. The van der Waals surface area contributed by atoms with E-state index in [1.165, 1.54) is 16.9 Å². The van der Waals surface area contributed by atoms with Gasteiger partial charge >= 0.3 is 0 Å². The van der Waals surface area contributed by atoms with Crippen LogP contribution in [-0.2, 0) is 19.9 Å². The molecule has 1 unspecified atom stereocenters. The third kappa shape index (κ3) is 3.16. The molecule has 1 aromatic heterocycles. The number of benzene rings is 1. The van der Waals surface area contributed by atoms with Crippen LogP contribution in [0.15, 0.2) is 18.2 Å². The van der Waals surface area contributed by atoms with Crippen molar-refractivity contribution >= 4 is 11.0 Å². The smallest absolute Gasteiger partial charge is 0.109 e. The van der Waals surface area contributed by atoms with E-state index in [0.717, 1.165) is 24.9 Å². The molecule has 0 aliphatic carbocycles. The van der Waals surface area contributed by atoms with Gasteiger partial charge in [0, 0.05) is 13.5 Å². The highest BCUT2D eigenvalue weighted by Gasteiger charge is 2.10. The summed E-state index contributed by atoms with van der Waals surface area (Å²) in [6, 6.07) is 6.60. The van der Waals surface area contributed by atoms with E-state index in [4.69, 9.17) is 10.7 Å². The van der Waals surface area contributed by atoms with Gasteiger partial charge in [0.1, 0.15) is 5.82 Å². The van der Waals surface area contributed by atoms with Gasteiger partial charge in [0.15, 0.2) is 0 Å². The van der Waals surface area contributed by atoms with E-state index < -0.39 is 0 Å². The van der Waals surface area contributed by atoms with Crippen molar-refractivity contribution in [3.05, 3.63) is 29.6 Å². The van der Waals surface area contributed by atoms with Crippen LogP contribution < -0.4 is 5.73 Å². The van der Waals surface area contributed by atoms with Gasteiger partial charge in [-0.3, -0.25) is 0 Å². The quantitative estimate of drug-likeness (QED) is 0.897. The van der Waals surface area contributed by atoms with Gasteiger partial charge in [0.25, 0.3) is 0 Å². The Labute approximate surface area is 115 Å². The van der Waals surface area contributed by atoms with E-state index in [1.807, 2.05) is 0 Å². The normalized spacial score (nSPS) is 13.4. The lowest BCUT2D eigenvalue weighted by atomic mass is 10.0. The summed E-state index contributed by atoms with van der Waals surface area (Å²) in [4.78, 5) is 4.78. The molecule has 3 heteroatoms. The molecule has 0 saturated carbocycles. The minimum atomic E-state index is 0.524. The first-order chi connectivity index (χ1) is 9.01. The molecule has 0 saturated heterocycles. The molecular weight excluding hydrogens is 234 g/mol. The Hall–Kier alpha value is -1.35. The van der Waals surface area contributed by atoms with Gasteiger partial charge in [-0.15, -0.1) is 0 Å². The maximum Gasteiger partial charge on any atom is 0.109 e. The number of hydrogen-bond acceptors (Lipinski definition) is 2. The molecular formula is C16H25N3. The molecule has 1 heterocycles. The lowest BCUT2D eigenvalue weighted by Crippen LogP contribution is -2.12. The monoisotopic (exact) mass is 259 g/mol. The van der Waals surface area contributed by atoms with Crippen molar-refractivity contribution in [2.75, 3.05) is 6.54 Å². The maximum absolute atomic E-state index is 5.70. The minimum absolute atomic E-state index is 0.524. The number of hydrogen-bond donors (Lipinski definition) is 1. The molecule has 2 rings (SSSR count). The van der Waals surface area contributed by atoms with Crippen molar-refractivity contribution in [3.63, 3.8) is 0 Å². The SMILES string of the molecule is CC(C)Cc1nc2cc(CC(C)CN)ccc2n1C. The molecule has 1 aromatic carbocycles. The number of aryl methyl sites for hydroxylation is 1. The van der Waals surface area contributed by atoms with Gasteiger partial charge in [0.05, 0.1) is 11.0 Å². The Kier molecular flexibility index (Phi) is 4.25. The van der Waals surface area contributed by atoms with Gasteiger partial charge < -0.3 is 10.3 Å². The van der Waals surface area contributed by atoms with Crippen LogP contribution >= 0.6 is 0 Å². The third-order valence-electron chi connectivity index (χ3n) is 3.62. The fourth-order valence-electron chi connectivity index (χ4n) is 2.46. The first-order valence-corrected chi connectivity index (χ1v) is 7.15. The van der Waals surface area contributed by atoms with Crippen LogP contribution in [0.25, 0.3) is 11.0 Å². The molecule has 1 atom stereocenters. The highest BCUT2D eigenvalue weighted by Crippen LogP contribution is 2.20. The predicted octanol–water partition coefficient (Wildman–Crippen LogP) is 2.91. The maximum atomic E-state index is 5.70. The van der Waals surface area contributed by atoms with Crippen LogP contribution in [0.1, 0.15) is 32.2 Å². The summed E-state index contributed by atoms with van der Waals surface area (Å²) < 4.78 is 2.21. The summed E-state index contributed by atoms with van der Waals surface area (Å²) in [5.74, 6) is 2.33. The lowest BCUT2D eigenvalue weighted by molar-refractivity contribution is 0.593. The standard InChI is InChI=1S/C16H25N3/c1-11(2)7-16-18-14-9-13(8-12(3)10-17)5-6-15(14)19(16)4/h5-6,9,11-12H,7-8,10,17H2,1-4H3. The van der Waals surface area contributed by atoms with Gasteiger partial charge in [-0.25, -0.2) is 4.98 Å². The highest BCUT2D eigenvalue weighted by atomic mass is 15.1. The first kappa shape index (κ1) is 14.1. The molecule has 0 bridgehead atoms. The second-order valence-electron chi connectivity index (χ2n) is 6.05. The number of aromatic nitrogens is 2. The van der Waals surface area contributed by atoms with Gasteiger partial charge in [-0.05, 0) is 42.5 Å². The topological polar surface area (TPSA) is 43.8 Å². The Morgan fingerprint density at radius 2 is 1.95 bits per heavy atom. The first-order valence-electron chi connectivity index (χ1n) is 7.15. The van der Waals surface area contributed by atoms with Gasteiger partial charge in [-0.2, -0.15) is 0 Å². The second kappa shape index (κ2) is 5.74. The van der Waals surface area contributed by atoms with Crippen LogP contribution in [0, 0.1) is 11.8 Å². The fraction of sp³-hybridized carbons (Fsp3) is 0.562. The summed E-state index contributed by atoms with van der Waals surface area (Å²) in [6.07, 6.45) is 2.06. The molecule has 0 spiro atoms. The van der Waals surface area contributed by atoms with E-state index in [1.54, 1.807) is 0 Å². The van der Waals surface area contributed by atoms with Gasteiger partial charge in [0.2, 0.25) is 0 Å². The molecule has 2 N–H and O–H groups in total. The van der Waals surface area contributed by atoms with Gasteiger partial charge in [-0.1, -0.05) is 26.8 Å². The molecule has 0 aliphatic heterocycles. The van der Waals surface area contributed by atoms with Crippen LogP contribution in [0.4, 0.5) is 0 Å². The van der Waals surface area contributed by atoms with E-state index >= 15 is 0 Å². The zero-order chi connectivity index (χ0) is 14.0. The Morgan fingerprint density at radius 1 is 1.21 bits per heavy atom. The van der Waals surface area contributed by atoms with Crippen LogP contribution in [-0.4, -0.2) is 16.1 Å². The van der Waals surface area contributed by atoms with Crippen molar-refractivity contribution in [2.24, 2.45) is 24.6 Å². The van der Waals surface area contributed by atoms with Crippen molar-refractivity contribution in [3.8, 4) is 0 Å². The zero-order valence-corrected chi connectivity index (χ0v) is 12.5. The largest absolute Gasteiger partial charge is 0.331 e. The van der Waals surface area contributed by atoms with Crippen LogP contribution in [0.2, 0.25) is 0 Å². The average molecular weight is 259 g/mol. The second-order valence-corrected chi connectivity index (χ2v) is 6.05. The number of nitrogens with two attached hydrogens (primary N) is 1. The minimum Gasteiger partial charge on any atom is -0.331 e. The van der Waals surface area contributed by atoms with Crippen molar-refractivity contribution in [2.45, 2.75) is 33.6 Å². The van der Waals surface area contributed by atoms with Crippen molar-refractivity contribution < 1.29 is 0 Å². The number of nitrogens with zero attached hydrogens (tertiary/aromatic N) is 2. The van der Waals surface area contributed by atoms with E-state index in [9.17, 15) is 0 Å². The summed E-state index contributed by atoms with van der Waals surface area (Å²) in [5, 5.41) is 0. The molecule has 19 heavy (non-hydrogen) atoms. The Morgan fingerprint density at radius 3 is 2.58 bits per heavy atom. The van der Waals surface area contributed by atoms with Crippen LogP contribution in [0.3, 0.4) is 0 Å². The highest BCUT2D eigenvalue weighted by molar-refractivity contribution is 5.76. The molecule has 3 nitrogen and oxygen atoms in total. The van der Waals surface area contributed by atoms with Crippen molar-refractivity contribution in [1.82, 2.24) is 9.55 Å².